The number of aromatic carboxylic acids is 1. The van der Waals surface area contributed by atoms with Crippen LogP contribution in [0.2, 0.25) is 0 Å². The second kappa shape index (κ2) is 4.78. The Balaban J connectivity index is 1.97. The highest BCUT2D eigenvalue weighted by Gasteiger charge is 2.28. The number of benzene rings is 1. The molecule has 0 aliphatic heterocycles. The van der Waals surface area contributed by atoms with Crippen LogP contribution in [0.4, 0.5) is 5.82 Å². The van der Waals surface area contributed by atoms with Gasteiger partial charge in [0.05, 0.1) is 11.1 Å². The first-order valence-electron chi connectivity index (χ1n) is 6.99. The van der Waals surface area contributed by atoms with Crippen LogP contribution in [0.5, 0.6) is 0 Å². The average Bonchev–Trinajstić information content (AvgIpc) is 2.84. The lowest BCUT2D eigenvalue weighted by Crippen LogP contribution is -2.31. The van der Waals surface area contributed by atoms with E-state index in [4.69, 9.17) is 0 Å². The summed E-state index contributed by atoms with van der Waals surface area (Å²) in [5.74, 6) is -0.0923. The van der Waals surface area contributed by atoms with E-state index in [1.54, 1.807) is 12.1 Å². The number of carboxylic acid groups (broad SMARTS) is 1. The first-order chi connectivity index (χ1) is 9.57. The summed E-state index contributed by atoms with van der Waals surface area (Å²) in [5, 5.41) is 13.4. The molecule has 1 aliphatic carbocycles. The molecule has 1 fully saturated rings. The van der Waals surface area contributed by atoms with Gasteiger partial charge in [0.15, 0.2) is 0 Å². The molecule has 0 radical (unpaired) electrons. The summed E-state index contributed by atoms with van der Waals surface area (Å²) in [6.45, 7) is 2.22. The third-order valence-corrected chi connectivity index (χ3v) is 4.10. The van der Waals surface area contributed by atoms with Gasteiger partial charge in [-0.2, -0.15) is 0 Å². The summed E-state index contributed by atoms with van der Waals surface area (Å²) >= 11 is 0. The molecule has 0 amide bonds. The van der Waals surface area contributed by atoms with Gasteiger partial charge in [-0.3, -0.25) is 0 Å². The zero-order valence-electron chi connectivity index (χ0n) is 11.5. The van der Waals surface area contributed by atoms with E-state index in [-0.39, 0.29) is 5.54 Å². The van der Waals surface area contributed by atoms with Gasteiger partial charge >= 0.3 is 5.97 Å². The van der Waals surface area contributed by atoms with Crippen molar-refractivity contribution in [3.63, 3.8) is 0 Å². The highest BCUT2D eigenvalue weighted by molar-refractivity contribution is 6.02. The summed E-state index contributed by atoms with van der Waals surface area (Å²) in [6.07, 6.45) is 4.81. The molecule has 4 nitrogen and oxygen atoms in total. The van der Waals surface area contributed by atoms with Crippen molar-refractivity contribution in [2.24, 2.45) is 0 Å². The molecule has 2 aromatic rings. The van der Waals surface area contributed by atoms with Gasteiger partial charge in [0, 0.05) is 10.9 Å². The number of aromatic nitrogens is 1. The fourth-order valence-electron chi connectivity index (χ4n) is 3.00. The summed E-state index contributed by atoms with van der Waals surface area (Å²) in [5.41, 5.74) is 1.13. The number of rotatable bonds is 3. The normalized spacial score (nSPS) is 17.2. The monoisotopic (exact) mass is 270 g/mol. The molecule has 1 aliphatic rings. The van der Waals surface area contributed by atoms with Crippen molar-refractivity contribution in [1.82, 2.24) is 4.98 Å². The molecular formula is C16H18N2O2. The van der Waals surface area contributed by atoms with Crippen molar-refractivity contribution in [3.8, 4) is 0 Å². The van der Waals surface area contributed by atoms with Crippen LogP contribution in [0.1, 0.15) is 43.0 Å². The molecule has 1 heterocycles. The topological polar surface area (TPSA) is 62.2 Å². The minimum Gasteiger partial charge on any atom is -0.478 e. The summed E-state index contributed by atoms with van der Waals surface area (Å²) in [7, 11) is 0. The van der Waals surface area contributed by atoms with Crippen LogP contribution in [0.15, 0.2) is 30.3 Å². The number of nitrogens with zero attached hydrogens (tertiary/aromatic N) is 1. The van der Waals surface area contributed by atoms with Crippen LogP contribution in [-0.2, 0) is 0 Å². The van der Waals surface area contributed by atoms with Crippen molar-refractivity contribution in [3.05, 3.63) is 35.9 Å². The van der Waals surface area contributed by atoms with E-state index in [1.165, 1.54) is 12.8 Å². The third-order valence-electron chi connectivity index (χ3n) is 4.10. The van der Waals surface area contributed by atoms with E-state index in [0.717, 1.165) is 24.2 Å². The molecule has 2 N–H and O–H groups in total. The number of hydrogen-bond donors (Lipinski definition) is 2. The van der Waals surface area contributed by atoms with E-state index in [0.29, 0.717) is 10.9 Å². The maximum absolute atomic E-state index is 11.2. The van der Waals surface area contributed by atoms with Gasteiger partial charge in [-0.25, -0.2) is 9.78 Å². The molecule has 0 saturated heterocycles. The van der Waals surface area contributed by atoms with Crippen molar-refractivity contribution in [2.75, 3.05) is 5.32 Å². The zero-order chi connectivity index (χ0) is 14.2. The standard InChI is InChI=1S/C16H18N2O2/c1-16(9-2-3-10-16)18-14-8-7-11-12(15(19)20)5-4-6-13(11)17-14/h4-8H,2-3,9-10H2,1H3,(H,17,18)(H,19,20). The van der Waals surface area contributed by atoms with Crippen molar-refractivity contribution < 1.29 is 9.90 Å². The Hall–Kier alpha value is -2.10. The molecule has 1 aromatic heterocycles. The number of carbonyl (C=O) groups is 1. The molecule has 0 spiro atoms. The minimum absolute atomic E-state index is 0.116. The van der Waals surface area contributed by atoms with E-state index >= 15 is 0 Å². The minimum atomic E-state index is -0.916. The third kappa shape index (κ3) is 2.33. The molecule has 0 unspecified atom stereocenters. The SMILES string of the molecule is CC1(Nc2ccc3c(C(=O)O)cccc3n2)CCCC1. The molecule has 1 saturated carbocycles. The Morgan fingerprint density at radius 2 is 2.00 bits per heavy atom. The Kier molecular flexibility index (Phi) is 3.08. The van der Waals surface area contributed by atoms with Crippen LogP contribution >= 0.6 is 0 Å². The van der Waals surface area contributed by atoms with Gasteiger partial charge in [0.1, 0.15) is 5.82 Å². The second-order valence-electron chi connectivity index (χ2n) is 5.77. The number of nitrogens with one attached hydrogen (secondary N) is 1. The molecule has 0 atom stereocenters. The van der Waals surface area contributed by atoms with Crippen LogP contribution in [0, 0.1) is 0 Å². The fourth-order valence-corrected chi connectivity index (χ4v) is 3.00. The number of carboxylic acids is 1. The highest BCUT2D eigenvalue weighted by atomic mass is 16.4. The van der Waals surface area contributed by atoms with Gasteiger partial charge in [-0.15, -0.1) is 0 Å². The lowest BCUT2D eigenvalue weighted by Gasteiger charge is -2.26. The van der Waals surface area contributed by atoms with Gasteiger partial charge < -0.3 is 10.4 Å². The van der Waals surface area contributed by atoms with Crippen LogP contribution in [0.3, 0.4) is 0 Å². The van der Waals surface area contributed by atoms with Gasteiger partial charge in [-0.05, 0) is 44.0 Å². The van der Waals surface area contributed by atoms with Crippen LogP contribution < -0.4 is 5.32 Å². The molecule has 20 heavy (non-hydrogen) atoms. The zero-order valence-corrected chi connectivity index (χ0v) is 11.5. The molecule has 0 bridgehead atoms. The Bertz CT molecular complexity index is 661. The first kappa shape index (κ1) is 12.9. The molecule has 1 aromatic carbocycles. The maximum atomic E-state index is 11.2. The van der Waals surface area contributed by atoms with Gasteiger partial charge in [0.25, 0.3) is 0 Å². The quantitative estimate of drug-likeness (QED) is 0.893. The van der Waals surface area contributed by atoms with E-state index in [2.05, 4.69) is 17.2 Å². The summed E-state index contributed by atoms with van der Waals surface area (Å²) in [6, 6.07) is 8.91. The Labute approximate surface area is 117 Å². The predicted octanol–water partition coefficient (Wildman–Crippen LogP) is 3.68. The maximum Gasteiger partial charge on any atom is 0.336 e. The van der Waals surface area contributed by atoms with E-state index in [9.17, 15) is 9.90 Å². The number of fused-ring (bicyclic) bond motifs is 1. The smallest absolute Gasteiger partial charge is 0.336 e. The average molecular weight is 270 g/mol. The molecule has 3 rings (SSSR count). The number of hydrogen-bond acceptors (Lipinski definition) is 3. The lowest BCUT2D eigenvalue weighted by molar-refractivity contribution is 0.0699. The lowest BCUT2D eigenvalue weighted by atomic mass is 10.0. The predicted molar refractivity (Wildman–Crippen MR) is 79.2 cm³/mol. The van der Waals surface area contributed by atoms with Crippen molar-refractivity contribution in [1.29, 1.82) is 0 Å². The molecule has 104 valence electrons. The fraction of sp³-hybridized carbons (Fsp3) is 0.375. The summed E-state index contributed by atoms with van der Waals surface area (Å²) in [4.78, 5) is 15.7. The van der Waals surface area contributed by atoms with E-state index < -0.39 is 5.97 Å². The molecule has 4 heteroatoms. The summed E-state index contributed by atoms with van der Waals surface area (Å²) < 4.78 is 0. The number of anilines is 1. The largest absolute Gasteiger partial charge is 0.478 e. The van der Waals surface area contributed by atoms with Gasteiger partial charge in [0.2, 0.25) is 0 Å². The Morgan fingerprint density at radius 3 is 2.70 bits per heavy atom. The molecular weight excluding hydrogens is 252 g/mol. The van der Waals surface area contributed by atoms with Crippen LogP contribution in [0.25, 0.3) is 10.9 Å². The first-order valence-corrected chi connectivity index (χ1v) is 6.99. The van der Waals surface area contributed by atoms with Gasteiger partial charge in [-0.1, -0.05) is 18.9 Å². The second-order valence-corrected chi connectivity index (χ2v) is 5.77. The van der Waals surface area contributed by atoms with Crippen molar-refractivity contribution >= 4 is 22.7 Å². The highest BCUT2D eigenvalue weighted by Crippen LogP contribution is 2.32. The van der Waals surface area contributed by atoms with Crippen molar-refractivity contribution in [2.45, 2.75) is 38.1 Å². The van der Waals surface area contributed by atoms with Crippen LogP contribution in [-0.4, -0.2) is 21.6 Å². The van der Waals surface area contributed by atoms with E-state index in [1.807, 2.05) is 18.2 Å². The number of pyridine rings is 1. The Morgan fingerprint density at radius 1 is 1.25 bits per heavy atom.